The number of para-hydroxylation sites is 2. The highest BCUT2D eigenvalue weighted by molar-refractivity contribution is 6.05. The van der Waals surface area contributed by atoms with Gasteiger partial charge in [-0.1, -0.05) is 24.3 Å². The maximum atomic E-state index is 12.2. The van der Waals surface area contributed by atoms with Crippen molar-refractivity contribution in [2.45, 2.75) is 19.3 Å². The van der Waals surface area contributed by atoms with Gasteiger partial charge in [-0.25, -0.2) is 0 Å². The molecule has 0 aliphatic heterocycles. The maximum absolute atomic E-state index is 12.2. The molecule has 1 aliphatic rings. The third-order valence-corrected chi connectivity index (χ3v) is 3.96. The zero-order valence-corrected chi connectivity index (χ0v) is 13.8. The van der Waals surface area contributed by atoms with E-state index in [0.717, 1.165) is 12.8 Å². The highest BCUT2D eigenvalue weighted by Crippen LogP contribution is 2.24. The number of carbonyl (C=O) groups is 2. The van der Waals surface area contributed by atoms with Crippen LogP contribution in [0.1, 0.15) is 25.0 Å². The molecule has 1 aliphatic carbocycles. The van der Waals surface area contributed by atoms with Gasteiger partial charge in [-0.3, -0.25) is 9.59 Å². The Morgan fingerprint density at radius 2 is 1.92 bits per heavy atom. The molecule has 1 aromatic heterocycles. The number of anilines is 2. The number of carbonyl (C=O) groups excluding carboxylic acids is 2. The monoisotopic (exact) mass is 336 g/mol. The minimum Gasteiger partial charge on any atom is -0.465 e. The van der Waals surface area contributed by atoms with Crippen molar-refractivity contribution in [3.63, 3.8) is 0 Å². The topological polar surface area (TPSA) is 71.3 Å². The molecule has 1 unspecified atom stereocenters. The molecule has 1 atom stereocenters. The predicted octanol–water partition coefficient (Wildman–Crippen LogP) is 4.23. The Hall–Kier alpha value is -3.08. The Labute approximate surface area is 146 Å². The average molecular weight is 336 g/mol. The fraction of sp³-hybridized carbons (Fsp3) is 0.200. The lowest BCUT2D eigenvalue weighted by molar-refractivity contribution is -0.117. The number of hydrogen-bond donors (Lipinski definition) is 2. The van der Waals surface area contributed by atoms with Crippen LogP contribution in [0.3, 0.4) is 0 Å². The van der Waals surface area contributed by atoms with Crippen molar-refractivity contribution < 1.29 is 14.0 Å². The lowest BCUT2D eigenvalue weighted by atomic mass is 10.0. The molecule has 5 heteroatoms. The quantitative estimate of drug-likeness (QED) is 0.612. The van der Waals surface area contributed by atoms with Crippen LogP contribution in [0.2, 0.25) is 0 Å². The smallest absolute Gasteiger partial charge is 0.248 e. The first-order valence-corrected chi connectivity index (χ1v) is 8.29. The van der Waals surface area contributed by atoms with Crippen molar-refractivity contribution in [3.8, 4) is 0 Å². The standard InChI is InChI=1S/C20H20N2O3/c23-19(12-11-16-8-5-13-25-16)21-17-9-3-4-10-18(17)22-20(24)14-15-6-1-2-7-15/h1,3-6,8-13,15H,2,7,14H2,(H,21,23)(H,22,24). The zero-order chi connectivity index (χ0) is 17.5. The van der Waals surface area contributed by atoms with Crippen LogP contribution in [0.15, 0.2) is 65.3 Å². The van der Waals surface area contributed by atoms with Gasteiger partial charge in [-0.15, -0.1) is 0 Å². The SMILES string of the molecule is O=C(C=Cc1ccco1)Nc1ccccc1NC(=O)CC1C=CCC1. The number of allylic oxidation sites excluding steroid dienone is 2. The first kappa shape index (κ1) is 16.8. The van der Waals surface area contributed by atoms with Crippen molar-refractivity contribution in [1.29, 1.82) is 0 Å². The van der Waals surface area contributed by atoms with Crippen molar-refractivity contribution in [1.82, 2.24) is 0 Å². The minimum absolute atomic E-state index is 0.0515. The fourth-order valence-corrected chi connectivity index (χ4v) is 2.72. The highest BCUT2D eigenvalue weighted by atomic mass is 16.3. The molecular weight excluding hydrogens is 316 g/mol. The van der Waals surface area contributed by atoms with Crippen LogP contribution in [0, 0.1) is 5.92 Å². The molecule has 0 radical (unpaired) electrons. The first-order valence-electron chi connectivity index (χ1n) is 8.29. The second-order valence-electron chi connectivity index (χ2n) is 5.90. The molecule has 5 nitrogen and oxygen atoms in total. The van der Waals surface area contributed by atoms with E-state index >= 15 is 0 Å². The van der Waals surface area contributed by atoms with Gasteiger partial charge in [-0.05, 0) is 49.1 Å². The van der Waals surface area contributed by atoms with Gasteiger partial charge in [-0.2, -0.15) is 0 Å². The van der Waals surface area contributed by atoms with Crippen LogP contribution in [-0.4, -0.2) is 11.8 Å². The third-order valence-electron chi connectivity index (χ3n) is 3.96. The van der Waals surface area contributed by atoms with Crippen molar-refractivity contribution in [2.24, 2.45) is 5.92 Å². The van der Waals surface area contributed by atoms with E-state index in [9.17, 15) is 9.59 Å². The summed E-state index contributed by atoms with van der Waals surface area (Å²) >= 11 is 0. The Bertz CT molecular complexity index is 791. The summed E-state index contributed by atoms with van der Waals surface area (Å²) in [5.74, 6) is 0.556. The molecule has 2 N–H and O–H groups in total. The van der Waals surface area contributed by atoms with Gasteiger partial charge in [0, 0.05) is 12.5 Å². The van der Waals surface area contributed by atoms with Crippen LogP contribution in [0.4, 0.5) is 11.4 Å². The van der Waals surface area contributed by atoms with Gasteiger partial charge in [0.2, 0.25) is 11.8 Å². The molecule has 2 aromatic rings. The molecule has 0 saturated carbocycles. The first-order chi connectivity index (χ1) is 12.2. The van der Waals surface area contributed by atoms with Crippen LogP contribution < -0.4 is 10.6 Å². The predicted molar refractivity (Wildman–Crippen MR) is 97.9 cm³/mol. The molecule has 0 fully saturated rings. The van der Waals surface area contributed by atoms with E-state index in [4.69, 9.17) is 4.42 Å². The lowest BCUT2D eigenvalue weighted by Gasteiger charge is -2.12. The summed E-state index contributed by atoms with van der Waals surface area (Å²) in [7, 11) is 0. The number of furan rings is 1. The molecule has 2 amide bonds. The molecule has 3 rings (SSSR count). The molecule has 128 valence electrons. The second-order valence-corrected chi connectivity index (χ2v) is 5.90. The Kier molecular flexibility index (Phi) is 5.46. The summed E-state index contributed by atoms with van der Waals surface area (Å²) in [6, 6.07) is 10.7. The molecular formula is C20H20N2O3. The number of benzene rings is 1. The second kappa shape index (κ2) is 8.15. The van der Waals surface area contributed by atoms with Gasteiger partial charge in [0.1, 0.15) is 5.76 Å². The van der Waals surface area contributed by atoms with Gasteiger partial charge in [0.15, 0.2) is 0 Å². The van der Waals surface area contributed by atoms with E-state index in [1.54, 1.807) is 42.7 Å². The molecule has 1 aromatic carbocycles. The van der Waals surface area contributed by atoms with Crippen molar-refractivity contribution in [3.05, 3.63) is 66.6 Å². The summed E-state index contributed by atoms with van der Waals surface area (Å²) < 4.78 is 5.14. The largest absolute Gasteiger partial charge is 0.465 e. The Balaban J connectivity index is 1.61. The average Bonchev–Trinajstić information content (AvgIpc) is 3.28. The van der Waals surface area contributed by atoms with Gasteiger partial charge in [0.25, 0.3) is 0 Å². The fourth-order valence-electron chi connectivity index (χ4n) is 2.72. The van der Waals surface area contributed by atoms with E-state index in [1.807, 2.05) is 6.07 Å². The van der Waals surface area contributed by atoms with E-state index in [1.165, 1.54) is 6.08 Å². The summed E-state index contributed by atoms with van der Waals surface area (Å²) in [6.07, 6.45) is 11.2. The van der Waals surface area contributed by atoms with Crippen molar-refractivity contribution >= 4 is 29.3 Å². The van der Waals surface area contributed by atoms with E-state index in [-0.39, 0.29) is 11.8 Å². The summed E-state index contributed by atoms with van der Waals surface area (Å²) in [5, 5.41) is 5.66. The van der Waals surface area contributed by atoms with Crippen LogP contribution in [0.25, 0.3) is 6.08 Å². The molecule has 1 heterocycles. The van der Waals surface area contributed by atoms with Crippen LogP contribution in [-0.2, 0) is 9.59 Å². The summed E-state index contributed by atoms with van der Waals surface area (Å²) in [4.78, 5) is 24.3. The number of hydrogen-bond acceptors (Lipinski definition) is 3. The van der Waals surface area contributed by atoms with E-state index in [2.05, 4.69) is 22.8 Å². The van der Waals surface area contributed by atoms with Crippen LogP contribution >= 0.6 is 0 Å². The maximum Gasteiger partial charge on any atom is 0.248 e. The Morgan fingerprint density at radius 1 is 1.12 bits per heavy atom. The molecule has 0 spiro atoms. The summed E-state index contributed by atoms with van der Waals surface area (Å²) in [6.45, 7) is 0. The third kappa shape index (κ3) is 4.94. The normalized spacial score (nSPS) is 16.2. The minimum atomic E-state index is -0.295. The zero-order valence-electron chi connectivity index (χ0n) is 13.8. The van der Waals surface area contributed by atoms with Crippen LogP contribution in [0.5, 0.6) is 0 Å². The van der Waals surface area contributed by atoms with Gasteiger partial charge < -0.3 is 15.1 Å². The molecule has 25 heavy (non-hydrogen) atoms. The van der Waals surface area contributed by atoms with E-state index in [0.29, 0.717) is 29.5 Å². The number of rotatable bonds is 6. The van der Waals surface area contributed by atoms with E-state index < -0.39 is 0 Å². The molecule has 0 saturated heterocycles. The summed E-state index contributed by atoms with van der Waals surface area (Å²) in [5.41, 5.74) is 1.15. The number of amides is 2. The highest BCUT2D eigenvalue weighted by Gasteiger charge is 2.15. The Morgan fingerprint density at radius 3 is 2.60 bits per heavy atom. The van der Waals surface area contributed by atoms with Crippen molar-refractivity contribution in [2.75, 3.05) is 10.6 Å². The number of nitrogens with one attached hydrogen (secondary N) is 2. The molecule has 0 bridgehead atoms. The lowest BCUT2D eigenvalue weighted by Crippen LogP contribution is -2.17. The van der Waals surface area contributed by atoms with Gasteiger partial charge in [0.05, 0.1) is 17.6 Å². The van der Waals surface area contributed by atoms with Gasteiger partial charge >= 0.3 is 0 Å².